The number of amides is 1. The summed E-state index contributed by atoms with van der Waals surface area (Å²) < 4.78 is 10.3. The molecule has 3 rings (SSSR count). The molecular formula is C21H20N2O3. The van der Waals surface area contributed by atoms with Gasteiger partial charge in [-0.1, -0.05) is 12.1 Å². The topological polar surface area (TPSA) is 59.6 Å². The maximum absolute atomic E-state index is 12.7. The molecule has 26 heavy (non-hydrogen) atoms. The molecule has 1 amide bonds. The Kier molecular flexibility index (Phi) is 5.39. The summed E-state index contributed by atoms with van der Waals surface area (Å²) in [7, 11) is 3.23. The van der Waals surface area contributed by atoms with Gasteiger partial charge in [0.05, 0.1) is 25.5 Å². The summed E-state index contributed by atoms with van der Waals surface area (Å²) in [6, 6.07) is 22.1. The van der Waals surface area contributed by atoms with Gasteiger partial charge in [0, 0.05) is 11.4 Å². The van der Waals surface area contributed by atoms with Crippen molar-refractivity contribution in [1.82, 2.24) is 0 Å². The number of methoxy groups -OCH3 is 2. The third-order valence-electron chi connectivity index (χ3n) is 3.89. The Morgan fingerprint density at radius 3 is 1.85 bits per heavy atom. The smallest absolute Gasteiger partial charge is 0.257 e. The van der Waals surface area contributed by atoms with Crippen LogP contribution in [0, 0.1) is 0 Å². The molecule has 2 N–H and O–H groups in total. The lowest BCUT2D eigenvalue weighted by Gasteiger charge is -2.13. The van der Waals surface area contributed by atoms with Gasteiger partial charge in [0.2, 0.25) is 0 Å². The minimum atomic E-state index is -0.188. The first-order chi connectivity index (χ1) is 12.7. The fourth-order valence-electron chi connectivity index (χ4n) is 2.49. The highest BCUT2D eigenvalue weighted by Crippen LogP contribution is 2.24. The molecule has 0 saturated heterocycles. The van der Waals surface area contributed by atoms with Gasteiger partial charge in [0.15, 0.2) is 0 Å². The summed E-state index contributed by atoms with van der Waals surface area (Å²) in [5, 5.41) is 6.17. The number of benzene rings is 3. The second kappa shape index (κ2) is 8.07. The van der Waals surface area contributed by atoms with Crippen molar-refractivity contribution in [2.45, 2.75) is 0 Å². The van der Waals surface area contributed by atoms with Gasteiger partial charge < -0.3 is 20.1 Å². The SMILES string of the molecule is COc1ccc(NC(=O)c2ccccc2Nc2ccc(OC)cc2)cc1. The summed E-state index contributed by atoms with van der Waals surface area (Å²) in [5.41, 5.74) is 2.85. The molecular weight excluding hydrogens is 328 g/mol. The summed E-state index contributed by atoms with van der Waals surface area (Å²) in [4.78, 5) is 12.7. The Bertz CT molecular complexity index is 875. The van der Waals surface area contributed by atoms with Crippen LogP contribution in [-0.2, 0) is 0 Å². The van der Waals surface area contributed by atoms with E-state index in [2.05, 4.69) is 10.6 Å². The number of carbonyl (C=O) groups excluding carboxylic acids is 1. The summed E-state index contributed by atoms with van der Waals surface area (Å²) in [6.45, 7) is 0. The van der Waals surface area contributed by atoms with Crippen molar-refractivity contribution >= 4 is 23.0 Å². The molecule has 0 atom stereocenters. The summed E-state index contributed by atoms with van der Waals surface area (Å²) in [5.74, 6) is 1.33. The zero-order valence-corrected chi connectivity index (χ0v) is 14.7. The Labute approximate surface area is 152 Å². The van der Waals surface area contributed by atoms with Crippen LogP contribution in [0.15, 0.2) is 72.8 Å². The molecule has 0 radical (unpaired) electrons. The molecule has 0 saturated carbocycles. The van der Waals surface area contributed by atoms with Crippen molar-refractivity contribution in [2.75, 3.05) is 24.9 Å². The van der Waals surface area contributed by atoms with Crippen LogP contribution in [0.25, 0.3) is 0 Å². The van der Waals surface area contributed by atoms with Crippen LogP contribution in [0.1, 0.15) is 10.4 Å². The first-order valence-corrected chi connectivity index (χ1v) is 8.15. The lowest BCUT2D eigenvalue weighted by molar-refractivity contribution is 0.102. The molecule has 3 aromatic carbocycles. The second-order valence-electron chi connectivity index (χ2n) is 5.58. The van der Waals surface area contributed by atoms with Crippen LogP contribution < -0.4 is 20.1 Å². The van der Waals surface area contributed by atoms with Crippen LogP contribution in [-0.4, -0.2) is 20.1 Å². The molecule has 0 aliphatic heterocycles. The normalized spacial score (nSPS) is 10.1. The molecule has 132 valence electrons. The molecule has 0 spiro atoms. The van der Waals surface area contributed by atoms with E-state index in [-0.39, 0.29) is 5.91 Å². The van der Waals surface area contributed by atoms with E-state index in [4.69, 9.17) is 9.47 Å². The summed E-state index contributed by atoms with van der Waals surface area (Å²) in [6.07, 6.45) is 0. The molecule has 5 heteroatoms. The lowest BCUT2D eigenvalue weighted by Crippen LogP contribution is -2.13. The predicted molar refractivity (Wildman–Crippen MR) is 104 cm³/mol. The minimum Gasteiger partial charge on any atom is -0.497 e. The van der Waals surface area contributed by atoms with Crippen molar-refractivity contribution in [2.24, 2.45) is 0 Å². The zero-order valence-electron chi connectivity index (χ0n) is 14.7. The maximum Gasteiger partial charge on any atom is 0.257 e. The van der Waals surface area contributed by atoms with Crippen LogP contribution in [0.3, 0.4) is 0 Å². The van der Waals surface area contributed by atoms with Crippen molar-refractivity contribution in [3.05, 3.63) is 78.4 Å². The van der Waals surface area contributed by atoms with E-state index in [1.54, 1.807) is 44.6 Å². The highest BCUT2D eigenvalue weighted by atomic mass is 16.5. The van der Waals surface area contributed by atoms with Crippen molar-refractivity contribution in [3.8, 4) is 11.5 Å². The Morgan fingerprint density at radius 1 is 0.731 bits per heavy atom. The highest BCUT2D eigenvalue weighted by Gasteiger charge is 2.11. The fraction of sp³-hybridized carbons (Fsp3) is 0.0952. The van der Waals surface area contributed by atoms with Crippen LogP contribution in [0.2, 0.25) is 0 Å². The number of nitrogens with one attached hydrogen (secondary N) is 2. The van der Waals surface area contributed by atoms with Crippen molar-refractivity contribution in [1.29, 1.82) is 0 Å². The zero-order chi connectivity index (χ0) is 18.4. The average molecular weight is 348 g/mol. The van der Waals surface area contributed by atoms with Gasteiger partial charge in [-0.2, -0.15) is 0 Å². The molecule has 0 fully saturated rings. The number of ether oxygens (including phenoxy) is 2. The number of para-hydroxylation sites is 1. The van der Waals surface area contributed by atoms with E-state index >= 15 is 0 Å². The van der Waals surface area contributed by atoms with Crippen molar-refractivity contribution < 1.29 is 14.3 Å². The average Bonchev–Trinajstić information content (AvgIpc) is 2.69. The van der Waals surface area contributed by atoms with E-state index in [0.29, 0.717) is 11.3 Å². The fourth-order valence-corrected chi connectivity index (χ4v) is 2.49. The molecule has 0 aliphatic carbocycles. The van der Waals surface area contributed by atoms with E-state index in [9.17, 15) is 4.79 Å². The maximum atomic E-state index is 12.7. The number of hydrogen-bond acceptors (Lipinski definition) is 4. The molecule has 0 bridgehead atoms. The van der Waals surface area contributed by atoms with E-state index in [0.717, 1.165) is 22.9 Å². The second-order valence-corrected chi connectivity index (χ2v) is 5.58. The standard InChI is InChI=1S/C21H20N2O3/c1-25-17-11-7-15(8-12-17)22-20-6-4-3-5-19(20)21(24)23-16-9-13-18(26-2)14-10-16/h3-14,22H,1-2H3,(H,23,24). The van der Waals surface area contributed by atoms with Gasteiger partial charge in [0.25, 0.3) is 5.91 Å². The van der Waals surface area contributed by atoms with Gasteiger partial charge in [-0.25, -0.2) is 0 Å². The predicted octanol–water partition coefficient (Wildman–Crippen LogP) is 4.70. The summed E-state index contributed by atoms with van der Waals surface area (Å²) >= 11 is 0. The van der Waals surface area contributed by atoms with E-state index in [1.165, 1.54) is 0 Å². The van der Waals surface area contributed by atoms with Gasteiger partial charge in [-0.3, -0.25) is 4.79 Å². The lowest BCUT2D eigenvalue weighted by atomic mass is 10.1. The van der Waals surface area contributed by atoms with E-state index < -0.39 is 0 Å². The number of carbonyl (C=O) groups is 1. The van der Waals surface area contributed by atoms with Gasteiger partial charge in [0.1, 0.15) is 11.5 Å². The minimum absolute atomic E-state index is 0.188. The molecule has 5 nitrogen and oxygen atoms in total. The Morgan fingerprint density at radius 2 is 1.27 bits per heavy atom. The number of rotatable bonds is 6. The first-order valence-electron chi connectivity index (χ1n) is 8.15. The Hall–Kier alpha value is -3.47. The quantitative estimate of drug-likeness (QED) is 0.678. The third-order valence-corrected chi connectivity index (χ3v) is 3.89. The molecule has 3 aromatic rings. The molecule has 0 aromatic heterocycles. The van der Waals surface area contributed by atoms with Gasteiger partial charge in [-0.05, 0) is 60.7 Å². The van der Waals surface area contributed by atoms with Gasteiger partial charge in [-0.15, -0.1) is 0 Å². The largest absolute Gasteiger partial charge is 0.497 e. The first kappa shape index (κ1) is 17.4. The Balaban J connectivity index is 1.77. The monoisotopic (exact) mass is 348 g/mol. The van der Waals surface area contributed by atoms with Gasteiger partial charge >= 0.3 is 0 Å². The van der Waals surface area contributed by atoms with Crippen LogP contribution in [0.4, 0.5) is 17.1 Å². The van der Waals surface area contributed by atoms with Crippen molar-refractivity contribution in [3.63, 3.8) is 0 Å². The third kappa shape index (κ3) is 4.13. The number of hydrogen-bond donors (Lipinski definition) is 2. The molecule has 0 unspecified atom stereocenters. The highest BCUT2D eigenvalue weighted by molar-refractivity contribution is 6.08. The van der Waals surface area contributed by atoms with Crippen LogP contribution in [0.5, 0.6) is 11.5 Å². The molecule has 0 heterocycles. The number of anilines is 3. The van der Waals surface area contributed by atoms with Crippen LogP contribution >= 0.6 is 0 Å². The van der Waals surface area contributed by atoms with E-state index in [1.807, 2.05) is 42.5 Å². The molecule has 0 aliphatic rings.